The summed E-state index contributed by atoms with van der Waals surface area (Å²) in [6.07, 6.45) is 1.05. The molecule has 0 saturated carbocycles. The summed E-state index contributed by atoms with van der Waals surface area (Å²) in [5.41, 5.74) is 1.05. The van der Waals surface area contributed by atoms with Gasteiger partial charge in [-0.3, -0.25) is 4.79 Å². The molecule has 20 heavy (non-hydrogen) atoms. The summed E-state index contributed by atoms with van der Waals surface area (Å²) in [6, 6.07) is 1.14. The lowest BCUT2D eigenvalue weighted by Gasteiger charge is -2.17. The number of halogens is 2. The maximum atomic E-state index is 13.5. The third-order valence-electron chi connectivity index (χ3n) is 3.00. The number of carbonyl (C=O) groups is 1. The molecule has 0 unspecified atom stereocenters. The topological polar surface area (TPSA) is 59.2 Å². The van der Waals surface area contributed by atoms with Crippen molar-refractivity contribution in [2.75, 3.05) is 7.05 Å². The van der Waals surface area contributed by atoms with E-state index in [1.54, 1.807) is 13.8 Å². The van der Waals surface area contributed by atoms with Gasteiger partial charge in [-0.1, -0.05) is 5.16 Å². The van der Waals surface area contributed by atoms with E-state index >= 15 is 0 Å². The first-order valence-electron chi connectivity index (χ1n) is 5.89. The van der Waals surface area contributed by atoms with Crippen LogP contribution in [0.1, 0.15) is 27.4 Å². The first kappa shape index (κ1) is 14.1. The first-order chi connectivity index (χ1) is 9.41. The van der Waals surface area contributed by atoms with Crippen molar-refractivity contribution in [3.63, 3.8) is 0 Å². The van der Waals surface area contributed by atoms with Gasteiger partial charge >= 0.3 is 0 Å². The van der Waals surface area contributed by atoms with E-state index < -0.39 is 17.7 Å². The third kappa shape index (κ3) is 2.52. The molecule has 7 heteroatoms. The van der Waals surface area contributed by atoms with Gasteiger partial charge in [0.15, 0.2) is 5.82 Å². The predicted molar refractivity (Wildman–Crippen MR) is 65.9 cm³/mol. The van der Waals surface area contributed by atoms with Crippen LogP contribution in [0.25, 0.3) is 0 Å². The second-order valence-corrected chi connectivity index (χ2v) is 4.43. The highest BCUT2D eigenvalue weighted by Gasteiger charge is 2.21. The van der Waals surface area contributed by atoms with Crippen LogP contribution in [0.4, 0.5) is 8.78 Å². The smallest absolute Gasteiger partial charge is 0.257 e. The Hall–Kier alpha value is -2.31. The Morgan fingerprint density at radius 3 is 2.70 bits per heavy atom. The number of amides is 1. The lowest BCUT2D eigenvalue weighted by molar-refractivity contribution is 0.0778. The van der Waals surface area contributed by atoms with Crippen molar-refractivity contribution in [2.45, 2.75) is 20.4 Å². The van der Waals surface area contributed by atoms with Crippen LogP contribution in [0.5, 0.6) is 0 Å². The highest BCUT2D eigenvalue weighted by molar-refractivity contribution is 5.94. The van der Waals surface area contributed by atoms with Gasteiger partial charge in [-0.2, -0.15) is 4.39 Å². The Labute approximate surface area is 114 Å². The van der Waals surface area contributed by atoms with Crippen molar-refractivity contribution in [2.24, 2.45) is 0 Å². The molecule has 0 radical (unpaired) electrons. The fraction of sp³-hybridized carbons (Fsp3) is 0.308. The van der Waals surface area contributed by atoms with Crippen molar-refractivity contribution in [3.8, 4) is 0 Å². The molecule has 0 aliphatic heterocycles. The minimum atomic E-state index is -1.29. The van der Waals surface area contributed by atoms with Crippen LogP contribution < -0.4 is 0 Å². The maximum absolute atomic E-state index is 13.5. The van der Waals surface area contributed by atoms with Gasteiger partial charge < -0.3 is 9.42 Å². The van der Waals surface area contributed by atoms with Gasteiger partial charge in [-0.25, -0.2) is 9.37 Å². The molecule has 2 aromatic heterocycles. The normalized spacial score (nSPS) is 10.7. The zero-order chi connectivity index (χ0) is 14.9. The molecular formula is C13H13F2N3O2. The monoisotopic (exact) mass is 281 g/mol. The lowest BCUT2D eigenvalue weighted by Crippen LogP contribution is -2.27. The van der Waals surface area contributed by atoms with Crippen molar-refractivity contribution < 1.29 is 18.1 Å². The van der Waals surface area contributed by atoms with Gasteiger partial charge in [0.1, 0.15) is 5.76 Å². The number of aryl methyl sites for hydroxylation is 2. The molecular weight excluding hydrogens is 268 g/mol. The zero-order valence-electron chi connectivity index (χ0n) is 11.3. The molecule has 0 fully saturated rings. The number of carbonyl (C=O) groups excluding carboxylic acids is 1. The number of aromatic nitrogens is 2. The van der Waals surface area contributed by atoms with E-state index in [0.29, 0.717) is 11.5 Å². The molecule has 0 atom stereocenters. The largest absolute Gasteiger partial charge is 0.361 e. The fourth-order valence-electron chi connectivity index (χ4n) is 1.83. The standard InChI is InChI=1S/C13H13F2N3O2/c1-7-10(8(2)20-17-7)6-18(3)13(19)9-4-5-16-12(15)11(9)14/h4-5H,6H2,1-3H3. The Balaban J connectivity index is 2.23. The van der Waals surface area contributed by atoms with Gasteiger partial charge in [0.05, 0.1) is 17.8 Å². The highest BCUT2D eigenvalue weighted by Crippen LogP contribution is 2.17. The molecule has 5 nitrogen and oxygen atoms in total. The minimum absolute atomic E-state index is 0.198. The van der Waals surface area contributed by atoms with Gasteiger partial charge in [0.2, 0.25) is 5.95 Å². The lowest BCUT2D eigenvalue weighted by atomic mass is 10.1. The number of hydrogen-bond donors (Lipinski definition) is 0. The average molecular weight is 281 g/mol. The molecule has 2 aromatic rings. The van der Waals surface area contributed by atoms with Crippen LogP contribution in [0, 0.1) is 25.6 Å². The number of nitrogens with zero attached hydrogens (tertiary/aromatic N) is 3. The zero-order valence-corrected chi connectivity index (χ0v) is 11.3. The molecule has 2 heterocycles. The van der Waals surface area contributed by atoms with Gasteiger partial charge in [-0.05, 0) is 19.9 Å². The van der Waals surface area contributed by atoms with Gasteiger partial charge in [-0.15, -0.1) is 0 Å². The van der Waals surface area contributed by atoms with E-state index in [0.717, 1.165) is 17.8 Å². The van der Waals surface area contributed by atoms with Crippen LogP contribution in [-0.4, -0.2) is 28.0 Å². The molecule has 0 aromatic carbocycles. The molecule has 0 bridgehead atoms. The van der Waals surface area contributed by atoms with E-state index in [9.17, 15) is 13.6 Å². The molecule has 0 aliphatic rings. The quantitative estimate of drug-likeness (QED) is 0.809. The Bertz CT molecular complexity index is 636. The molecule has 0 N–H and O–H groups in total. The van der Waals surface area contributed by atoms with Crippen molar-refractivity contribution in [1.82, 2.24) is 15.0 Å². The molecule has 1 amide bonds. The van der Waals surface area contributed by atoms with Crippen molar-refractivity contribution >= 4 is 5.91 Å². The second-order valence-electron chi connectivity index (χ2n) is 4.43. The van der Waals surface area contributed by atoms with E-state index in [1.807, 2.05) is 0 Å². The fourth-order valence-corrected chi connectivity index (χ4v) is 1.83. The van der Waals surface area contributed by atoms with Crippen LogP contribution in [-0.2, 0) is 6.54 Å². The molecule has 0 aliphatic carbocycles. The summed E-state index contributed by atoms with van der Waals surface area (Å²) >= 11 is 0. The van der Waals surface area contributed by atoms with Crippen LogP contribution in [0.2, 0.25) is 0 Å². The van der Waals surface area contributed by atoms with Crippen molar-refractivity contribution in [3.05, 3.63) is 46.6 Å². The molecule has 106 valence electrons. The van der Waals surface area contributed by atoms with Gasteiger partial charge in [0, 0.05) is 18.8 Å². The number of hydrogen-bond acceptors (Lipinski definition) is 4. The highest BCUT2D eigenvalue weighted by atomic mass is 19.2. The Morgan fingerprint density at radius 1 is 1.40 bits per heavy atom. The molecule has 0 spiro atoms. The average Bonchev–Trinajstić information content (AvgIpc) is 2.73. The first-order valence-corrected chi connectivity index (χ1v) is 5.89. The van der Waals surface area contributed by atoms with Crippen LogP contribution >= 0.6 is 0 Å². The third-order valence-corrected chi connectivity index (χ3v) is 3.00. The van der Waals surface area contributed by atoms with E-state index in [2.05, 4.69) is 10.1 Å². The molecule has 2 rings (SSSR count). The Kier molecular flexibility index (Phi) is 3.78. The summed E-state index contributed by atoms with van der Waals surface area (Å²) < 4.78 is 31.6. The second kappa shape index (κ2) is 5.36. The molecule has 0 saturated heterocycles. The SMILES string of the molecule is Cc1noc(C)c1CN(C)C(=O)c1ccnc(F)c1F. The van der Waals surface area contributed by atoms with Gasteiger partial charge in [0.25, 0.3) is 5.91 Å². The number of rotatable bonds is 3. The summed E-state index contributed by atoms with van der Waals surface area (Å²) in [5.74, 6) is -2.59. The summed E-state index contributed by atoms with van der Waals surface area (Å²) in [5, 5.41) is 3.78. The minimum Gasteiger partial charge on any atom is -0.361 e. The maximum Gasteiger partial charge on any atom is 0.257 e. The predicted octanol–water partition coefficient (Wildman–Crippen LogP) is 2.24. The van der Waals surface area contributed by atoms with E-state index in [4.69, 9.17) is 4.52 Å². The summed E-state index contributed by atoms with van der Waals surface area (Å²) in [4.78, 5) is 16.5. The van der Waals surface area contributed by atoms with Crippen LogP contribution in [0.15, 0.2) is 16.8 Å². The van der Waals surface area contributed by atoms with Crippen molar-refractivity contribution in [1.29, 1.82) is 0 Å². The van der Waals surface area contributed by atoms with E-state index in [1.165, 1.54) is 11.9 Å². The summed E-state index contributed by atoms with van der Waals surface area (Å²) in [7, 11) is 1.49. The van der Waals surface area contributed by atoms with E-state index in [-0.39, 0.29) is 12.1 Å². The summed E-state index contributed by atoms with van der Waals surface area (Å²) in [6.45, 7) is 3.67. The number of pyridine rings is 1. The Morgan fingerprint density at radius 2 is 2.10 bits per heavy atom. The van der Waals surface area contributed by atoms with Crippen LogP contribution in [0.3, 0.4) is 0 Å².